The fourth-order valence-electron chi connectivity index (χ4n) is 25.1. The molecule has 6 aliphatic heterocycles. The van der Waals surface area contributed by atoms with Gasteiger partial charge in [-0.2, -0.15) is 31.6 Å². The molecule has 18 heteroatoms. The Labute approximate surface area is 822 Å². The van der Waals surface area contributed by atoms with E-state index in [1.807, 2.05) is 0 Å². The average Bonchev–Trinajstić information content (AvgIpc) is 1.56. The second-order valence-electron chi connectivity index (χ2n) is 42.6. The average molecular weight is 1860 g/mol. The molecule has 0 bridgehead atoms. The predicted molar refractivity (Wildman–Crippen MR) is 578 cm³/mol. The van der Waals surface area contributed by atoms with Crippen molar-refractivity contribution < 1.29 is 26.5 Å². The quantitative estimate of drug-likeness (QED) is 0.137. The maximum Gasteiger partial charge on any atom is 0.158 e. The van der Waals surface area contributed by atoms with E-state index in [0.29, 0.717) is 145 Å². The van der Waals surface area contributed by atoms with E-state index >= 15 is 0 Å². The lowest BCUT2D eigenvalue weighted by molar-refractivity contribution is 0.311. The second-order valence-corrected chi connectivity index (χ2v) is 42.6. The van der Waals surface area contributed by atoms with Crippen LogP contribution in [0.15, 0.2) is 208 Å². The molecule has 0 amide bonds. The first-order chi connectivity index (χ1) is 69.3. The Morgan fingerprint density at radius 1 is 0.232 bits per heavy atom. The van der Waals surface area contributed by atoms with Gasteiger partial charge in [-0.1, -0.05) is 77.9 Å². The summed E-state index contributed by atoms with van der Waals surface area (Å²) < 4.78 is 38.8. The highest BCUT2D eigenvalue weighted by atomic mass is 16.4. The van der Waals surface area contributed by atoms with Gasteiger partial charge in [0.15, 0.2) is 33.5 Å². The van der Waals surface area contributed by atoms with Crippen LogP contribution in [0, 0.1) is 103 Å². The van der Waals surface area contributed by atoms with E-state index in [4.69, 9.17) is 26.5 Å². The predicted octanol–water partition coefficient (Wildman–Crippen LogP) is 31.6. The number of hydrogen-bond acceptors (Lipinski definition) is 18. The van der Waals surface area contributed by atoms with Crippen molar-refractivity contribution in [2.45, 2.75) is 157 Å². The Hall–Kier alpha value is -15.6. The number of benzene rings is 15. The molecule has 6 aliphatic rings. The largest absolute Gasteiger partial charge is 0.454 e. The number of piperidine rings is 6. The summed E-state index contributed by atoms with van der Waals surface area (Å²) >= 11 is 0. The fourth-order valence-corrected chi connectivity index (χ4v) is 25.1. The zero-order chi connectivity index (χ0) is 96.5. The number of fused-ring (bicyclic) bond motifs is 24. The third-order valence-electron chi connectivity index (χ3n) is 33.6. The molecule has 21 aromatic rings. The zero-order valence-corrected chi connectivity index (χ0v) is 81.7. The zero-order valence-electron chi connectivity index (χ0n) is 81.7. The number of nitriles is 6. The van der Waals surface area contributed by atoms with Crippen molar-refractivity contribution in [2.75, 3.05) is 94.8 Å². The summed E-state index contributed by atoms with van der Waals surface area (Å²) in [4.78, 5) is 14.9. The van der Waals surface area contributed by atoms with Gasteiger partial charge in [-0.3, -0.25) is 0 Å². The molecule has 142 heavy (non-hydrogen) atoms. The molecule has 0 radical (unpaired) electrons. The maximum absolute atomic E-state index is 10.7. The minimum atomic E-state index is 0.329. The minimum Gasteiger partial charge on any atom is -0.454 e. The van der Waals surface area contributed by atoms with E-state index < -0.39 is 0 Å². The molecule has 18 nitrogen and oxygen atoms in total. The van der Waals surface area contributed by atoms with Crippen molar-refractivity contribution >= 4 is 230 Å². The highest BCUT2D eigenvalue weighted by Crippen LogP contribution is 2.52. The van der Waals surface area contributed by atoms with Crippen molar-refractivity contribution in [3.05, 3.63) is 215 Å². The molecule has 0 saturated carbocycles. The van der Waals surface area contributed by atoms with Gasteiger partial charge in [0.05, 0.1) is 16.7 Å². The molecular weight excluding hydrogens is 1750 g/mol. The summed E-state index contributed by atoms with van der Waals surface area (Å²) in [6.45, 7) is 29.3. The van der Waals surface area contributed by atoms with E-state index in [1.165, 1.54) is 124 Å². The first-order valence-electron chi connectivity index (χ1n) is 51.5. The van der Waals surface area contributed by atoms with Crippen LogP contribution in [0.25, 0.3) is 196 Å². The Morgan fingerprint density at radius 3 is 0.655 bits per heavy atom. The van der Waals surface area contributed by atoms with Crippen molar-refractivity contribution in [3.8, 4) is 36.4 Å². The van der Waals surface area contributed by atoms with E-state index in [2.05, 4.69) is 303 Å². The lowest BCUT2D eigenvalue weighted by atomic mass is 9.86. The van der Waals surface area contributed by atoms with Crippen LogP contribution >= 0.6 is 0 Å². The van der Waals surface area contributed by atoms with Crippen LogP contribution in [-0.2, 0) is 0 Å². The van der Waals surface area contributed by atoms with Crippen molar-refractivity contribution in [3.63, 3.8) is 0 Å². The first kappa shape index (κ1) is 87.9. The van der Waals surface area contributed by atoms with Crippen LogP contribution in [0.1, 0.15) is 179 Å². The third kappa shape index (κ3) is 14.6. The lowest BCUT2D eigenvalue weighted by Gasteiger charge is -2.35. The summed E-state index contributed by atoms with van der Waals surface area (Å²) in [5.74, 6) is 4.57. The summed E-state index contributed by atoms with van der Waals surface area (Å²) in [5.41, 5.74) is 16.3. The number of rotatable bonds is 8. The molecule has 2 atom stereocenters. The van der Waals surface area contributed by atoms with Crippen molar-refractivity contribution in [1.82, 2.24) is 0 Å². The summed E-state index contributed by atoms with van der Waals surface area (Å²) in [6.07, 6.45) is 17.1. The van der Waals surface area contributed by atoms with Crippen molar-refractivity contribution in [1.29, 1.82) is 31.6 Å². The molecule has 6 fully saturated rings. The summed E-state index contributed by atoms with van der Waals surface area (Å²) in [6, 6.07) is 80.3. The number of nitrogens with zero attached hydrogens (tertiary/aromatic N) is 12. The van der Waals surface area contributed by atoms with E-state index in [9.17, 15) is 31.6 Å². The first-order valence-corrected chi connectivity index (χ1v) is 51.5. The van der Waals surface area contributed by atoms with Crippen LogP contribution in [0.5, 0.6) is 0 Å². The molecule has 27 rings (SSSR count). The van der Waals surface area contributed by atoms with Gasteiger partial charge in [0.1, 0.15) is 86.6 Å². The Balaban J connectivity index is 0.000000112. The molecule has 0 spiro atoms. The molecule has 6 saturated heterocycles. The van der Waals surface area contributed by atoms with E-state index in [-0.39, 0.29) is 0 Å². The second kappa shape index (κ2) is 34.7. The molecule has 702 valence electrons. The molecule has 12 heterocycles. The fraction of sp³-hybridized carbons (Fsp3) is 0.323. The lowest BCUT2D eigenvalue weighted by Crippen LogP contribution is -2.37. The molecule has 6 aromatic heterocycles. The molecule has 0 N–H and O–H groups in total. The maximum atomic E-state index is 10.7. The van der Waals surface area contributed by atoms with Crippen LogP contribution in [0.3, 0.4) is 0 Å². The van der Waals surface area contributed by atoms with Gasteiger partial charge in [0.25, 0.3) is 0 Å². The van der Waals surface area contributed by atoms with E-state index in [0.717, 1.165) is 198 Å². The number of hydrogen-bond donors (Lipinski definition) is 0. The summed E-state index contributed by atoms with van der Waals surface area (Å²) in [7, 11) is 0. The normalized spacial score (nSPS) is 17.5. The highest BCUT2D eigenvalue weighted by Gasteiger charge is 2.34. The van der Waals surface area contributed by atoms with Crippen LogP contribution in [0.2, 0.25) is 0 Å². The van der Waals surface area contributed by atoms with Gasteiger partial charge in [-0.05, 0) is 349 Å². The van der Waals surface area contributed by atoms with Gasteiger partial charge in [-0.25, -0.2) is 0 Å². The monoisotopic (exact) mass is 1860 g/mol. The summed E-state index contributed by atoms with van der Waals surface area (Å²) in [5, 5.41) is 85.6. The van der Waals surface area contributed by atoms with Gasteiger partial charge in [0, 0.05) is 176 Å². The SMILES string of the molecule is CC(C)C1CCN(c2ccc3cc4c(cc3c2)oc2c(C#N)c3oc5cc6cc(N7CCC(C(C)C)CC7)ccc6cc5c3c(C#N)c24)CC1.CC1CCCCN1c1ccc2cc3c(cc2c1)oc1c(C#N)c2oc4cc5cc(N6CCCCC6C)ccc5cc4c2c(C#N)c13.CC1CCN(c2ccc3cc4c(cc3c2)oc2c(C#N)c3oc5cc6cc(N7CCC(C)CC7)ccc6cc5c3c(C#N)c24)CC1. The van der Waals surface area contributed by atoms with Crippen LogP contribution < -0.4 is 29.4 Å². The highest BCUT2D eigenvalue weighted by molar-refractivity contribution is 6.28. The van der Waals surface area contributed by atoms with Gasteiger partial charge >= 0.3 is 0 Å². The van der Waals surface area contributed by atoms with Gasteiger partial charge < -0.3 is 55.9 Å². The Bertz CT molecular complexity index is 8680. The topological polar surface area (TPSA) is 241 Å². The van der Waals surface area contributed by atoms with Gasteiger partial charge in [-0.15, -0.1) is 0 Å². The van der Waals surface area contributed by atoms with Gasteiger partial charge in [0.2, 0.25) is 0 Å². The number of furan rings is 6. The van der Waals surface area contributed by atoms with Crippen LogP contribution in [-0.4, -0.2) is 77.5 Å². The molecule has 15 aromatic carbocycles. The third-order valence-corrected chi connectivity index (χ3v) is 33.6. The number of anilines is 6. The molecular formula is C124H110N12O6. The Morgan fingerprint density at radius 2 is 0.444 bits per heavy atom. The smallest absolute Gasteiger partial charge is 0.158 e. The molecule has 0 aliphatic carbocycles. The van der Waals surface area contributed by atoms with Crippen molar-refractivity contribution in [2.24, 2.45) is 35.5 Å². The van der Waals surface area contributed by atoms with E-state index in [1.54, 1.807) is 0 Å². The minimum absolute atomic E-state index is 0.329. The Kier molecular flexibility index (Phi) is 21.5. The van der Waals surface area contributed by atoms with Crippen LogP contribution in [0.4, 0.5) is 34.1 Å². The molecule has 2 unspecified atom stereocenters. The standard InChI is InChI=1S/C44H42N4O2.2C40H34N4O2/c1-25(2)27-9-13-47(14-10-27)33-7-5-29-19-35-39(21-31(29)17-33)49-43-38(24-46)44-42(37(23-45)41(35)43)36-20-30-6-8-34(18-32(30)22-40(36)50-44)48-15-11-28(12-16-48)26(3)4;1-23-7-11-43(12-8-23)29-5-3-25-17-31-35(19-27(25)15-29)45-39-34(22-42)40-38(33(21-41)37(31)39)32-18-26-4-6-30(16-28(26)20-36(32)46-40)44-13-9-24(2)10-14-44;1-23-7-3-5-13-43(23)29-11-9-25-17-31-35(19-27(25)15-29)45-39-34(22-42)40-38(33(21-41)37(31)39)32-18-26-10-12-30(16-28(26)20-36(32)46-40)44-14-6-4-8-24(44)2/h5-8,17-22,25-28H,9-16H2,1-4H3;3-6,15-20,23-24H,7-14H2,1-2H3;9-12,15-20,23-24H,3-8,13-14H2,1-2H3.